The molecule has 3 aromatic rings. The zero-order valence-electron chi connectivity index (χ0n) is 10.7. The number of imidazole rings is 1. The highest BCUT2D eigenvalue weighted by atomic mass is 79.9. The number of aromatic nitrogens is 2. The van der Waals surface area contributed by atoms with E-state index in [4.69, 9.17) is 11.6 Å². The van der Waals surface area contributed by atoms with Crippen LogP contribution in [0.15, 0.2) is 40.9 Å². The number of aryl methyl sites for hydroxylation is 1. The van der Waals surface area contributed by atoms with Gasteiger partial charge in [-0.2, -0.15) is 0 Å². The fourth-order valence-corrected chi connectivity index (χ4v) is 2.70. The minimum absolute atomic E-state index is 0.266. The highest BCUT2D eigenvalue weighted by molar-refractivity contribution is 9.10. The van der Waals surface area contributed by atoms with Crippen LogP contribution in [0.5, 0.6) is 0 Å². The number of fused-ring (bicyclic) bond motifs is 1. The summed E-state index contributed by atoms with van der Waals surface area (Å²) in [4.78, 5) is 4.47. The van der Waals surface area contributed by atoms with E-state index in [1.165, 1.54) is 11.6 Å². The van der Waals surface area contributed by atoms with E-state index < -0.39 is 0 Å². The minimum Gasteiger partial charge on any atom is -0.295 e. The van der Waals surface area contributed by atoms with Crippen molar-refractivity contribution in [3.05, 3.63) is 58.1 Å². The average Bonchev–Trinajstić information content (AvgIpc) is 2.78. The maximum atomic E-state index is 13.8. The SMILES string of the molecule is Cc1ccc(-n2c(CCl)nc3cc(Br)c(F)cc32)cc1. The average molecular weight is 354 g/mol. The Hall–Kier alpha value is -1.39. The van der Waals surface area contributed by atoms with E-state index in [0.29, 0.717) is 15.8 Å². The highest BCUT2D eigenvalue weighted by Crippen LogP contribution is 2.27. The van der Waals surface area contributed by atoms with Crippen LogP contribution < -0.4 is 0 Å². The molecule has 0 saturated heterocycles. The molecule has 102 valence electrons. The van der Waals surface area contributed by atoms with Crippen molar-refractivity contribution in [1.82, 2.24) is 9.55 Å². The van der Waals surface area contributed by atoms with E-state index in [-0.39, 0.29) is 11.7 Å². The molecule has 20 heavy (non-hydrogen) atoms. The molecular formula is C15H11BrClFN2. The van der Waals surface area contributed by atoms with E-state index in [9.17, 15) is 4.39 Å². The van der Waals surface area contributed by atoms with Crippen LogP contribution in [0, 0.1) is 12.7 Å². The van der Waals surface area contributed by atoms with Crippen molar-refractivity contribution in [3.8, 4) is 5.69 Å². The zero-order chi connectivity index (χ0) is 14.3. The second-order valence-electron chi connectivity index (χ2n) is 4.59. The van der Waals surface area contributed by atoms with Crippen LogP contribution in [0.1, 0.15) is 11.4 Å². The summed E-state index contributed by atoms with van der Waals surface area (Å²) in [6.45, 7) is 2.02. The largest absolute Gasteiger partial charge is 0.295 e. The van der Waals surface area contributed by atoms with Crippen molar-refractivity contribution in [1.29, 1.82) is 0 Å². The summed E-state index contributed by atoms with van der Waals surface area (Å²) >= 11 is 9.16. The predicted octanol–water partition coefficient (Wildman–Crippen LogP) is 4.97. The lowest BCUT2D eigenvalue weighted by atomic mass is 10.2. The molecule has 0 aliphatic heterocycles. The Morgan fingerprint density at radius 1 is 1.25 bits per heavy atom. The van der Waals surface area contributed by atoms with E-state index in [0.717, 1.165) is 11.2 Å². The fourth-order valence-electron chi connectivity index (χ4n) is 2.19. The van der Waals surface area contributed by atoms with Gasteiger partial charge in [0.25, 0.3) is 0 Å². The zero-order valence-corrected chi connectivity index (χ0v) is 13.0. The molecule has 0 aliphatic rings. The minimum atomic E-state index is -0.313. The molecule has 0 aliphatic carbocycles. The van der Waals surface area contributed by atoms with Gasteiger partial charge in [-0.1, -0.05) is 17.7 Å². The van der Waals surface area contributed by atoms with Gasteiger partial charge in [0.15, 0.2) is 0 Å². The lowest BCUT2D eigenvalue weighted by Crippen LogP contribution is -1.99. The Morgan fingerprint density at radius 3 is 2.60 bits per heavy atom. The summed E-state index contributed by atoms with van der Waals surface area (Å²) in [5.41, 5.74) is 3.52. The molecule has 1 aromatic heterocycles. The first-order valence-electron chi connectivity index (χ1n) is 6.09. The van der Waals surface area contributed by atoms with Crippen molar-refractivity contribution in [2.24, 2.45) is 0 Å². The van der Waals surface area contributed by atoms with Crippen molar-refractivity contribution in [2.45, 2.75) is 12.8 Å². The highest BCUT2D eigenvalue weighted by Gasteiger charge is 2.14. The van der Waals surface area contributed by atoms with Crippen molar-refractivity contribution < 1.29 is 4.39 Å². The van der Waals surface area contributed by atoms with Gasteiger partial charge in [0.2, 0.25) is 0 Å². The quantitative estimate of drug-likeness (QED) is 0.594. The fraction of sp³-hybridized carbons (Fsp3) is 0.133. The molecule has 0 unspecified atom stereocenters. The molecular weight excluding hydrogens is 343 g/mol. The van der Waals surface area contributed by atoms with Crippen LogP contribution in [-0.2, 0) is 5.88 Å². The van der Waals surface area contributed by atoms with Gasteiger partial charge in [-0.05, 0) is 41.1 Å². The summed E-state index contributed by atoms with van der Waals surface area (Å²) in [6.07, 6.45) is 0. The molecule has 0 N–H and O–H groups in total. The van der Waals surface area contributed by atoms with Gasteiger partial charge >= 0.3 is 0 Å². The Labute approximate surface area is 129 Å². The van der Waals surface area contributed by atoms with E-state index >= 15 is 0 Å². The third kappa shape index (κ3) is 2.23. The number of rotatable bonds is 2. The van der Waals surface area contributed by atoms with Gasteiger partial charge in [0, 0.05) is 11.8 Å². The smallest absolute Gasteiger partial charge is 0.139 e. The van der Waals surface area contributed by atoms with Crippen LogP contribution in [0.25, 0.3) is 16.7 Å². The van der Waals surface area contributed by atoms with Gasteiger partial charge in [-0.3, -0.25) is 4.57 Å². The molecule has 2 nitrogen and oxygen atoms in total. The van der Waals surface area contributed by atoms with E-state index in [2.05, 4.69) is 20.9 Å². The Bertz CT molecular complexity index is 781. The lowest BCUT2D eigenvalue weighted by molar-refractivity contribution is 0.622. The second-order valence-corrected chi connectivity index (χ2v) is 5.71. The van der Waals surface area contributed by atoms with Crippen molar-refractivity contribution in [3.63, 3.8) is 0 Å². The Morgan fingerprint density at radius 2 is 1.95 bits per heavy atom. The number of hydrogen-bond donors (Lipinski definition) is 0. The first kappa shape index (κ1) is 13.6. The maximum absolute atomic E-state index is 13.8. The summed E-state index contributed by atoms with van der Waals surface area (Å²) in [7, 11) is 0. The number of halogens is 3. The van der Waals surface area contributed by atoms with Crippen molar-refractivity contribution in [2.75, 3.05) is 0 Å². The van der Waals surface area contributed by atoms with E-state index in [1.807, 2.05) is 35.8 Å². The molecule has 0 bridgehead atoms. The first-order valence-corrected chi connectivity index (χ1v) is 7.42. The maximum Gasteiger partial charge on any atom is 0.139 e. The lowest BCUT2D eigenvalue weighted by Gasteiger charge is -2.08. The number of alkyl halides is 1. The molecule has 1 heterocycles. The van der Waals surface area contributed by atoms with Crippen molar-refractivity contribution >= 4 is 38.6 Å². The van der Waals surface area contributed by atoms with Gasteiger partial charge in [0.05, 0.1) is 21.4 Å². The molecule has 0 amide bonds. The molecule has 0 fully saturated rings. The molecule has 0 saturated carbocycles. The topological polar surface area (TPSA) is 17.8 Å². The van der Waals surface area contributed by atoms with E-state index in [1.54, 1.807) is 6.07 Å². The summed E-state index contributed by atoms with van der Waals surface area (Å²) in [6, 6.07) is 11.1. The third-order valence-electron chi connectivity index (χ3n) is 3.18. The molecule has 0 radical (unpaired) electrons. The Balaban J connectivity index is 2.32. The summed E-state index contributed by atoms with van der Waals surface area (Å²) in [5.74, 6) is 0.650. The van der Waals surface area contributed by atoms with Gasteiger partial charge < -0.3 is 0 Å². The first-order chi connectivity index (χ1) is 9.60. The van der Waals surface area contributed by atoms with Crippen LogP contribution in [0.2, 0.25) is 0 Å². The second kappa shape index (κ2) is 5.19. The molecule has 2 aromatic carbocycles. The molecule has 3 rings (SSSR count). The van der Waals surface area contributed by atoms with Gasteiger partial charge in [0.1, 0.15) is 11.6 Å². The summed E-state index contributed by atoms with van der Waals surface area (Å²) in [5, 5.41) is 0. The standard InChI is InChI=1S/C15H11BrClFN2/c1-9-2-4-10(5-3-9)20-14-7-12(18)11(16)6-13(14)19-15(20)8-17/h2-7H,8H2,1H3. The van der Waals surface area contributed by atoms with Crippen LogP contribution >= 0.6 is 27.5 Å². The van der Waals surface area contributed by atoms with Crippen LogP contribution in [-0.4, -0.2) is 9.55 Å². The Kier molecular flexibility index (Phi) is 3.52. The predicted molar refractivity (Wildman–Crippen MR) is 83.0 cm³/mol. The van der Waals surface area contributed by atoms with Crippen LogP contribution in [0.4, 0.5) is 4.39 Å². The molecule has 0 spiro atoms. The van der Waals surface area contributed by atoms with Gasteiger partial charge in [-0.25, -0.2) is 9.37 Å². The molecule has 5 heteroatoms. The number of hydrogen-bond acceptors (Lipinski definition) is 1. The monoisotopic (exact) mass is 352 g/mol. The normalized spacial score (nSPS) is 11.2. The third-order valence-corrected chi connectivity index (χ3v) is 4.02. The van der Waals surface area contributed by atoms with Gasteiger partial charge in [-0.15, -0.1) is 11.6 Å². The number of benzene rings is 2. The molecule has 0 atom stereocenters. The van der Waals surface area contributed by atoms with Crippen LogP contribution in [0.3, 0.4) is 0 Å². The summed E-state index contributed by atoms with van der Waals surface area (Å²) < 4.78 is 16.1. The number of nitrogens with zero attached hydrogens (tertiary/aromatic N) is 2.